The minimum absolute atomic E-state index is 0.266. The van der Waals surface area contributed by atoms with E-state index >= 15 is 0 Å². The second kappa shape index (κ2) is 6.70. The summed E-state index contributed by atoms with van der Waals surface area (Å²) in [6, 6.07) is 1.79. The van der Waals surface area contributed by atoms with Crippen LogP contribution in [0.15, 0.2) is 12.3 Å². The summed E-state index contributed by atoms with van der Waals surface area (Å²) in [7, 11) is 0. The fraction of sp³-hybridized carbons (Fsp3) is 0.714. The van der Waals surface area contributed by atoms with Crippen molar-refractivity contribution in [3.8, 4) is 5.88 Å². The summed E-state index contributed by atoms with van der Waals surface area (Å²) < 4.78 is 10.9. The Labute approximate surface area is 114 Å². The molecule has 1 aliphatic rings. The Morgan fingerprint density at radius 2 is 2.21 bits per heavy atom. The first-order chi connectivity index (χ1) is 9.22. The van der Waals surface area contributed by atoms with Gasteiger partial charge in [-0.15, -0.1) is 0 Å². The van der Waals surface area contributed by atoms with Gasteiger partial charge >= 0.3 is 0 Å². The molecule has 1 aromatic rings. The highest BCUT2D eigenvalue weighted by atomic mass is 16.5. The van der Waals surface area contributed by atoms with Crippen LogP contribution in [0.2, 0.25) is 0 Å². The molecule has 0 amide bonds. The van der Waals surface area contributed by atoms with Gasteiger partial charge in [-0.2, -0.15) is 4.98 Å². The third kappa shape index (κ3) is 4.35. The molecule has 1 aliphatic heterocycles. The summed E-state index contributed by atoms with van der Waals surface area (Å²) in [5, 5.41) is 3.31. The molecule has 0 spiro atoms. The first kappa shape index (κ1) is 14.1. The van der Waals surface area contributed by atoms with Crippen LogP contribution in [-0.4, -0.2) is 36.3 Å². The smallest absolute Gasteiger partial charge is 0.225 e. The number of ether oxygens (including phenoxy) is 2. The Morgan fingerprint density at radius 1 is 1.42 bits per heavy atom. The van der Waals surface area contributed by atoms with Gasteiger partial charge in [-0.05, 0) is 24.7 Å². The maximum Gasteiger partial charge on any atom is 0.225 e. The molecule has 5 nitrogen and oxygen atoms in total. The minimum atomic E-state index is 0.266. The first-order valence-corrected chi connectivity index (χ1v) is 6.99. The molecule has 0 aliphatic carbocycles. The van der Waals surface area contributed by atoms with Crippen LogP contribution in [0.4, 0.5) is 5.95 Å². The van der Waals surface area contributed by atoms with E-state index in [0.29, 0.717) is 18.4 Å². The lowest BCUT2D eigenvalue weighted by molar-refractivity contribution is 0.0299. The van der Waals surface area contributed by atoms with Crippen molar-refractivity contribution in [2.45, 2.75) is 33.1 Å². The minimum Gasteiger partial charge on any atom is -0.478 e. The zero-order valence-electron chi connectivity index (χ0n) is 11.8. The van der Waals surface area contributed by atoms with Crippen LogP contribution in [0.25, 0.3) is 0 Å². The van der Waals surface area contributed by atoms with Crippen LogP contribution < -0.4 is 10.1 Å². The van der Waals surface area contributed by atoms with Crippen LogP contribution in [0.3, 0.4) is 0 Å². The average molecular weight is 265 g/mol. The van der Waals surface area contributed by atoms with Crippen molar-refractivity contribution >= 4 is 5.95 Å². The summed E-state index contributed by atoms with van der Waals surface area (Å²) in [4.78, 5) is 8.58. The van der Waals surface area contributed by atoms with E-state index in [4.69, 9.17) is 9.47 Å². The lowest BCUT2D eigenvalue weighted by atomic mass is 9.82. The number of nitrogens with one attached hydrogen (secondary N) is 1. The van der Waals surface area contributed by atoms with Crippen molar-refractivity contribution < 1.29 is 9.47 Å². The van der Waals surface area contributed by atoms with E-state index in [1.165, 1.54) is 0 Å². The monoisotopic (exact) mass is 265 g/mol. The van der Waals surface area contributed by atoms with E-state index < -0.39 is 0 Å². The summed E-state index contributed by atoms with van der Waals surface area (Å²) >= 11 is 0. The fourth-order valence-corrected chi connectivity index (χ4v) is 2.05. The number of aromatic nitrogens is 2. The number of nitrogens with zero attached hydrogens (tertiary/aromatic N) is 2. The maximum absolute atomic E-state index is 5.50. The molecule has 1 aromatic heterocycles. The van der Waals surface area contributed by atoms with E-state index in [0.717, 1.165) is 39.0 Å². The van der Waals surface area contributed by atoms with Crippen LogP contribution >= 0.6 is 0 Å². The van der Waals surface area contributed by atoms with Crippen LogP contribution in [0.5, 0.6) is 5.88 Å². The quantitative estimate of drug-likeness (QED) is 0.856. The lowest BCUT2D eigenvalue weighted by Crippen LogP contribution is -2.33. The molecule has 19 heavy (non-hydrogen) atoms. The predicted molar refractivity (Wildman–Crippen MR) is 74.5 cm³/mol. The largest absolute Gasteiger partial charge is 0.478 e. The highest BCUT2D eigenvalue weighted by Crippen LogP contribution is 2.29. The van der Waals surface area contributed by atoms with Gasteiger partial charge in [0.15, 0.2) is 0 Å². The molecule has 2 heterocycles. The van der Waals surface area contributed by atoms with Crippen molar-refractivity contribution in [2.24, 2.45) is 5.41 Å². The Morgan fingerprint density at radius 3 is 2.95 bits per heavy atom. The van der Waals surface area contributed by atoms with E-state index in [1.807, 2.05) is 0 Å². The molecule has 5 heteroatoms. The zero-order chi connectivity index (χ0) is 13.6. The number of hydrogen-bond acceptors (Lipinski definition) is 5. The van der Waals surface area contributed by atoms with Crippen molar-refractivity contribution in [3.63, 3.8) is 0 Å². The average Bonchev–Trinajstić information content (AvgIpc) is 2.44. The molecule has 106 valence electrons. The van der Waals surface area contributed by atoms with Gasteiger partial charge in [-0.3, -0.25) is 0 Å². The van der Waals surface area contributed by atoms with Crippen molar-refractivity contribution in [2.75, 3.05) is 31.7 Å². The molecule has 1 saturated heterocycles. The van der Waals surface area contributed by atoms with Crippen LogP contribution in [0.1, 0.15) is 33.1 Å². The van der Waals surface area contributed by atoms with E-state index in [9.17, 15) is 0 Å². The Kier molecular flexibility index (Phi) is 4.96. The second-order valence-corrected chi connectivity index (χ2v) is 5.34. The molecular weight excluding hydrogens is 242 g/mol. The lowest BCUT2D eigenvalue weighted by Gasteiger charge is -2.33. The molecule has 0 bridgehead atoms. The van der Waals surface area contributed by atoms with Gasteiger partial charge in [0.05, 0.1) is 6.61 Å². The third-order valence-electron chi connectivity index (χ3n) is 3.46. The summed E-state index contributed by atoms with van der Waals surface area (Å²) in [5.41, 5.74) is 0.266. The second-order valence-electron chi connectivity index (χ2n) is 5.34. The van der Waals surface area contributed by atoms with Crippen molar-refractivity contribution in [1.29, 1.82) is 0 Å². The first-order valence-electron chi connectivity index (χ1n) is 6.99. The molecule has 0 radical (unpaired) electrons. The van der Waals surface area contributed by atoms with E-state index in [1.54, 1.807) is 12.3 Å². The fourth-order valence-electron chi connectivity index (χ4n) is 2.05. The van der Waals surface area contributed by atoms with E-state index in [-0.39, 0.29) is 5.41 Å². The number of hydrogen-bond donors (Lipinski definition) is 1. The highest BCUT2D eigenvalue weighted by Gasteiger charge is 2.27. The van der Waals surface area contributed by atoms with Gasteiger partial charge in [0, 0.05) is 32.0 Å². The predicted octanol–water partition coefficient (Wildman–Crippen LogP) is 2.49. The highest BCUT2D eigenvalue weighted by molar-refractivity contribution is 5.27. The molecule has 0 aromatic carbocycles. The van der Waals surface area contributed by atoms with Gasteiger partial charge in [0.2, 0.25) is 11.8 Å². The molecule has 0 saturated carbocycles. The van der Waals surface area contributed by atoms with Gasteiger partial charge in [0.1, 0.15) is 0 Å². The summed E-state index contributed by atoms with van der Waals surface area (Å²) in [6.07, 6.45) is 4.86. The van der Waals surface area contributed by atoms with Crippen molar-refractivity contribution in [1.82, 2.24) is 9.97 Å². The Hall–Kier alpha value is -1.36. The van der Waals surface area contributed by atoms with Crippen LogP contribution in [0, 0.1) is 5.41 Å². The topological polar surface area (TPSA) is 56.3 Å². The van der Waals surface area contributed by atoms with Gasteiger partial charge in [0.25, 0.3) is 0 Å². The van der Waals surface area contributed by atoms with Crippen molar-refractivity contribution in [3.05, 3.63) is 12.3 Å². The molecule has 0 unspecified atom stereocenters. The molecule has 1 N–H and O–H groups in total. The van der Waals surface area contributed by atoms with Crippen LogP contribution in [-0.2, 0) is 4.74 Å². The molecule has 0 atom stereocenters. The van der Waals surface area contributed by atoms with Gasteiger partial charge < -0.3 is 14.8 Å². The number of rotatable bonds is 6. The normalized spacial score (nSPS) is 18.0. The summed E-state index contributed by atoms with van der Waals surface area (Å²) in [6.45, 7) is 7.60. The number of anilines is 1. The molecular formula is C14H23N3O2. The Bertz CT molecular complexity index is 392. The Balaban J connectivity index is 1.88. The SMILES string of the molecule is CCCOc1ccnc(NCC2(C)CCOCC2)n1. The molecule has 1 fully saturated rings. The van der Waals surface area contributed by atoms with Gasteiger partial charge in [-0.25, -0.2) is 4.98 Å². The standard InChI is InChI=1S/C14H23N3O2/c1-3-8-19-12-4-7-15-13(17-12)16-11-14(2)5-9-18-10-6-14/h4,7H,3,5-6,8-11H2,1-2H3,(H,15,16,17). The van der Waals surface area contributed by atoms with Gasteiger partial charge in [-0.1, -0.05) is 13.8 Å². The third-order valence-corrected chi connectivity index (χ3v) is 3.46. The zero-order valence-corrected chi connectivity index (χ0v) is 11.8. The summed E-state index contributed by atoms with van der Waals surface area (Å²) in [5.74, 6) is 1.28. The maximum atomic E-state index is 5.50. The van der Waals surface area contributed by atoms with E-state index in [2.05, 4.69) is 29.1 Å². The molecule has 2 rings (SSSR count).